The van der Waals surface area contributed by atoms with Crippen molar-refractivity contribution in [2.24, 2.45) is 5.92 Å². The highest BCUT2D eigenvalue weighted by atomic mass is 31.2. The number of esters is 4. The summed E-state index contributed by atoms with van der Waals surface area (Å²) in [4.78, 5) is 71.7. The lowest BCUT2D eigenvalue weighted by Crippen LogP contribution is -2.30. The zero-order valence-electron chi connectivity index (χ0n) is 54.0. The molecule has 84 heavy (non-hydrogen) atoms. The quantitative estimate of drug-likeness (QED) is 0.0222. The van der Waals surface area contributed by atoms with Crippen LogP contribution in [0, 0.1) is 5.92 Å². The molecule has 0 heterocycles. The van der Waals surface area contributed by atoms with Gasteiger partial charge in [0, 0.05) is 25.7 Å². The van der Waals surface area contributed by atoms with Crippen LogP contribution in [0.25, 0.3) is 0 Å². The first-order valence-corrected chi connectivity index (χ1v) is 37.2. The molecule has 19 heteroatoms. The Labute approximate surface area is 511 Å². The number of aliphatic hydroxyl groups is 1. The minimum atomic E-state index is -4.94. The van der Waals surface area contributed by atoms with Gasteiger partial charge in [-0.3, -0.25) is 37.3 Å². The van der Waals surface area contributed by atoms with Crippen LogP contribution in [0.4, 0.5) is 0 Å². The number of carbonyl (C=O) groups is 4. The molecule has 0 aliphatic heterocycles. The molecule has 0 saturated carbocycles. The van der Waals surface area contributed by atoms with Gasteiger partial charge in [-0.05, 0) is 31.6 Å². The Morgan fingerprint density at radius 1 is 0.333 bits per heavy atom. The van der Waals surface area contributed by atoms with Gasteiger partial charge in [0.2, 0.25) is 0 Å². The van der Waals surface area contributed by atoms with Gasteiger partial charge in [0.1, 0.15) is 19.3 Å². The average molecular weight is 1240 g/mol. The second kappa shape index (κ2) is 58.7. The van der Waals surface area contributed by atoms with E-state index >= 15 is 0 Å². The molecule has 0 radical (unpaired) electrons. The van der Waals surface area contributed by atoms with Gasteiger partial charge in [-0.2, -0.15) is 0 Å². The van der Waals surface area contributed by atoms with Crippen LogP contribution < -0.4 is 0 Å². The molecule has 17 nitrogen and oxygen atoms in total. The highest BCUT2D eigenvalue weighted by molar-refractivity contribution is 7.47. The van der Waals surface area contributed by atoms with Crippen LogP contribution >= 0.6 is 15.6 Å². The molecule has 0 aromatic heterocycles. The molecule has 3 unspecified atom stereocenters. The average Bonchev–Trinajstić information content (AvgIpc) is 3.49. The third kappa shape index (κ3) is 57.8. The van der Waals surface area contributed by atoms with Crippen LogP contribution in [0.1, 0.15) is 330 Å². The highest BCUT2D eigenvalue weighted by Crippen LogP contribution is 2.45. The number of ether oxygens (including phenoxy) is 4. The van der Waals surface area contributed by atoms with E-state index in [0.29, 0.717) is 25.7 Å². The van der Waals surface area contributed by atoms with E-state index in [2.05, 4.69) is 34.6 Å². The number of phosphoric ester groups is 2. The lowest BCUT2D eigenvalue weighted by Gasteiger charge is -2.21. The molecule has 0 amide bonds. The summed E-state index contributed by atoms with van der Waals surface area (Å²) in [5.41, 5.74) is 0. The van der Waals surface area contributed by atoms with E-state index < -0.39 is 97.5 Å². The molecule has 0 aromatic rings. The van der Waals surface area contributed by atoms with E-state index in [1.807, 2.05) is 0 Å². The maximum Gasteiger partial charge on any atom is 0.472 e. The lowest BCUT2D eigenvalue weighted by atomic mass is 9.99. The predicted octanol–water partition coefficient (Wildman–Crippen LogP) is 18.2. The summed E-state index contributed by atoms with van der Waals surface area (Å²) in [5.74, 6) is -1.38. The summed E-state index contributed by atoms with van der Waals surface area (Å²) in [5, 5.41) is 10.5. The maximum atomic E-state index is 13.0. The predicted molar refractivity (Wildman–Crippen MR) is 335 cm³/mol. The number of hydrogen-bond donors (Lipinski definition) is 3. The number of unbranched alkanes of at least 4 members (excludes halogenated alkanes) is 36. The van der Waals surface area contributed by atoms with Gasteiger partial charge in [-0.25, -0.2) is 9.13 Å². The first-order chi connectivity index (χ1) is 40.6. The second-order valence-electron chi connectivity index (χ2n) is 23.7. The summed E-state index contributed by atoms with van der Waals surface area (Å²) in [6, 6.07) is 0. The Bertz CT molecular complexity index is 1640. The largest absolute Gasteiger partial charge is 0.472 e. The fraction of sp³-hybridized carbons (Fsp3) is 0.938. The molecule has 0 aliphatic rings. The van der Waals surface area contributed by atoms with E-state index in [1.165, 1.54) is 148 Å². The standard InChI is InChI=1S/C65H126O17P2/c1-6-10-13-16-17-18-19-20-21-22-23-24-25-26-27-28-29-30-31-36-41-46-51-65(70)82-61(55-76-63(68)49-44-40-35-33-32-34-39-42-47-58(5)9-4)57-80-84(73,74)78-53-59(66)52-77-83(71,72)79-56-60(81-64(69)50-45-38-15-12-8-3)54-75-62(67)48-43-37-14-11-7-2/h58-61,66H,6-57H2,1-5H3,(H,71,72)(H,73,74)/t58?,59-,60+,61+/m0/s1. The Hall–Kier alpha value is -1.94. The van der Waals surface area contributed by atoms with Crippen molar-refractivity contribution in [1.82, 2.24) is 0 Å². The zero-order chi connectivity index (χ0) is 62.0. The van der Waals surface area contributed by atoms with Crippen molar-refractivity contribution in [2.75, 3.05) is 39.6 Å². The lowest BCUT2D eigenvalue weighted by molar-refractivity contribution is -0.161. The van der Waals surface area contributed by atoms with Crippen LogP contribution in [0.3, 0.4) is 0 Å². The van der Waals surface area contributed by atoms with Gasteiger partial charge >= 0.3 is 39.5 Å². The maximum absolute atomic E-state index is 13.0. The SMILES string of the molecule is CCCCCCCCCCCCCCCCCCCCCCCCC(=O)O[C@H](COC(=O)CCCCCCCCCCC(C)CC)COP(=O)(O)OC[C@@H](O)COP(=O)(O)OC[C@@H](COC(=O)CCCCCCC)OC(=O)CCCCCCC. The molecule has 0 aliphatic carbocycles. The summed E-state index contributed by atoms with van der Waals surface area (Å²) in [7, 11) is -9.87. The summed E-state index contributed by atoms with van der Waals surface area (Å²) < 4.78 is 67.6. The highest BCUT2D eigenvalue weighted by Gasteiger charge is 2.30. The van der Waals surface area contributed by atoms with Crippen molar-refractivity contribution in [2.45, 2.75) is 348 Å². The second-order valence-corrected chi connectivity index (χ2v) is 26.7. The Balaban J connectivity index is 5.02. The van der Waals surface area contributed by atoms with Crippen molar-refractivity contribution in [3.63, 3.8) is 0 Å². The van der Waals surface area contributed by atoms with E-state index in [4.69, 9.17) is 37.0 Å². The Morgan fingerprint density at radius 2 is 0.571 bits per heavy atom. The summed E-state index contributed by atoms with van der Waals surface area (Å²) >= 11 is 0. The van der Waals surface area contributed by atoms with Crippen molar-refractivity contribution in [3.05, 3.63) is 0 Å². The minimum absolute atomic E-state index is 0.0988. The molecule has 0 bridgehead atoms. The van der Waals surface area contributed by atoms with E-state index in [-0.39, 0.29) is 25.7 Å². The molecule has 3 N–H and O–H groups in total. The molecule has 0 rings (SSSR count). The van der Waals surface area contributed by atoms with Crippen molar-refractivity contribution < 1.29 is 80.2 Å². The number of aliphatic hydroxyl groups excluding tert-OH is 1. The number of rotatable bonds is 65. The minimum Gasteiger partial charge on any atom is -0.462 e. The molecular weight excluding hydrogens is 1110 g/mol. The number of carbonyl (C=O) groups excluding carboxylic acids is 4. The normalized spacial score (nSPS) is 14.5. The third-order valence-electron chi connectivity index (χ3n) is 15.4. The molecule has 0 saturated heterocycles. The molecular formula is C65H126O17P2. The van der Waals surface area contributed by atoms with Gasteiger partial charge in [-0.15, -0.1) is 0 Å². The van der Waals surface area contributed by atoms with Crippen molar-refractivity contribution in [1.29, 1.82) is 0 Å². The molecule has 0 spiro atoms. The van der Waals surface area contributed by atoms with Crippen LogP contribution in [-0.2, 0) is 65.4 Å². The van der Waals surface area contributed by atoms with Crippen LogP contribution in [0.2, 0.25) is 0 Å². The van der Waals surface area contributed by atoms with E-state index in [9.17, 15) is 43.2 Å². The molecule has 0 fully saturated rings. The van der Waals surface area contributed by atoms with Crippen molar-refractivity contribution in [3.8, 4) is 0 Å². The van der Waals surface area contributed by atoms with Crippen LogP contribution in [0.5, 0.6) is 0 Å². The van der Waals surface area contributed by atoms with E-state index in [1.54, 1.807) is 0 Å². The first kappa shape index (κ1) is 82.1. The van der Waals surface area contributed by atoms with Gasteiger partial charge in [0.05, 0.1) is 26.4 Å². The molecule has 6 atom stereocenters. The Morgan fingerprint density at radius 3 is 0.845 bits per heavy atom. The summed E-state index contributed by atoms with van der Waals surface area (Å²) in [6.07, 6.45) is 44.1. The fourth-order valence-electron chi connectivity index (χ4n) is 9.73. The van der Waals surface area contributed by atoms with Gasteiger partial charge in [0.15, 0.2) is 12.2 Å². The van der Waals surface area contributed by atoms with Gasteiger partial charge in [-0.1, -0.05) is 279 Å². The molecule has 498 valence electrons. The number of phosphoric acid groups is 2. The van der Waals surface area contributed by atoms with Gasteiger partial charge in [0.25, 0.3) is 0 Å². The first-order valence-electron chi connectivity index (χ1n) is 34.2. The monoisotopic (exact) mass is 1240 g/mol. The smallest absolute Gasteiger partial charge is 0.462 e. The fourth-order valence-corrected chi connectivity index (χ4v) is 11.3. The third-order valence-corrected chi connectivity index (χ3v) is 17.3. The zero-order valence-corrected chi connectivity index (χ0v) is 55.8. The van der Waals surface area contributed by atoms with Crippen LogP contribution in [0.15, 0.2) is 0 Å². The Kier molecular flexibility index (Phi) is 57.4. The van der Waals surface area contributed by atoms with Gasteiger partial charge < -0.3 is 33.8 Å². The van der Waals surface area contributed by atoms with E-state index in [0.717, 1.165) is 102 Å². The summed E-state index contributed by atoms with van der Waals surface area (Å²) in [6.45, 7) is 7.01. The molecule has 0 aromatic carbocycles. The van der Waals surface area contributed by atoms with Crippen LogP contribution in [-0.4, -0.2) is 96.7 Å². The number of hydrogen-bond acceptors (Lipinski definition) is 15. The van der Waals surface area contributed by atoms with Crippen molar-refractivity contribution >= 4 is 39.5 Å². The topological polar surface area (TPSA) is 237 Å².